The Labute approximate surface area is 124 Å². The molecule has 0 amide bonds. The van der Waals surface area contributed by atoms with Crippen molar-refractivity contribution in [1.82, 2.24) is 9.88 Å². The van der Waals surface area contributed by atoms with Crippen LogP contribution in [0, 0.1) is 13.8 Å². The Hall–Kier alpha value is -1.23. The SMILES string of the molecule is Cc1ccccc1-c1nc(C)c(C(O)CCN(C)C)s1. The van der Waals surface area contributed by atoms with Crippen LogP contribution in [-0.2, 0) is 0 Å². The standard InChI is InChI=1S/C16H22N2OS/c1-11-7-5-6-8-13(11)16-17-12(2)15(20-16)14(19)9-10-18(3)4/h5-8,14,19H,9-10H2,1-4H3. The number of nitrogens with zero attached hydrogens (tertiary/aromatic N) is 2. The van der Waals surface area contributed by atoms with E-state index in [1.165, 1.54) is 5.56 Å². The average molecular weight is 290 g/mol. The van der Waals surface area contributed by atoms with E-state index in [1.807, 2.05) is 33.2 Å². The van der Waals surface area contributed by atoms with E-state index in [0.29, 0.717) is 0 Å². The molecule has 1 aromatic heterocycles. The summed E-state index contributed by atoms with van der Waals surface area (Å²) in [6.07, 6.45) is 0.316. The topological polar surface area (TPSA) is 36.4 Å². The van der Waals surface area contributed by atoms with Crippen LogP contribution in [0.15, 0.2) is 24.3 Å². The highest BCUT2D eigenvalue weighted by Crippen LogP contribution is 2.34. The molecule has 1 aromatic carbocycles. The second-order valence-corrected chi connectivity index (χ2v) is 6.42. The Morgan fingerprint density at radius 3 is 2.60 bits per heavy atom. The molecule has 0 aliphatic carbocycles. The van der Waals surface area contributed by atoms with Gasteiger partial charge < -0.3 is 10.0 Å². The molecule has 1 heterocycles. The van der Waals surface area contributed by atoms with Crippen molar-refractivity contribution in [2.24, 2.45) is 0 Å². The first kappa shape index (κ1) is 15.2. The van der Waals surface area contributed by atoms with Gasteiger partial charge in [-0.05, 0) is 39.9 Å². The largest absolute Gasteiger partial charge is 0.387 e. The highest BCUT2D eigenvalue weighted by atomic mass is 32.1. The second kappa shape index (κ2) is 6.48. The summed E-state index contributed by atoms with van der Waals surface area (Å²) in [4.78, 5) is 7.71. The fourth-order valence-corrected chi connectivity index (χ4v) is 3.33. The molecule has 2 rings (SSSR count). The second-order valence-electron chi connectivity index (χ2n) is 5.39. The van der Waals surface area contributed by atoms with Gasteiger partial charge in [0.05, 0.1) is 16.7 Å². The van der Waals surface area contributed by atoms with Crippen LogP contribution < -0.4 is 0 Å². The molecule has 0 spiro atoms. The van der Waals surface area contributed by atoms with Gasteiger partial charge in [0.25, 0.3) is 0 Å². The van der Waals surface area contributed by atoms with Crippen molar-refractivity contribution in [2.75, 3.05) is 20.6 Å². The Kier molecular flexibility index (Phi) is 4.91. The maximum atomic E-state index is 10.3. The molecule has 4 heteroatoms. The Balaban J connectivity index is 2.24. The van der Waals surface area contributed by atoms with E-state index in [1.54, 1.807) is 11.3 Å². The van der Waals surface area contributed by atoms with Crippen molar-refractivity contribution in [3.8, 4) is 10.6 Å². The maximum Gasteiger partial charge on any atom is 0.124 e. The fraction of sp³-hybridized carbons (Fsp3) is 0.438. The quantitative estimate of drug-likeness (QED) is 0.916. The summed E-state index contributed by atoms with van der Waals surface area (Å²) in [5.74, 6) is 0. The van der Waals surface area contributed by atoms with Gasteiger partial charge in [-0.15, -0.1) is 11.3 Å². The molecular weight excluding hydrogens is 268 g/mol. The van der Waals surface area contributed by atoms with E-state index < -0.39 is 6.10 Å². The molecule has 1 unspecified atom stereocenters. The van der Waals surface area contributed by atoms with Crippen LogP contribution in [0.5, 0.6) is 0 Å². The minimum Gasteiger partial charge on any atom is -0.387 e. The highest BCUT2D eigenvalue weighted by molar-refractivity contribution is 7.15. The first-order valence-corrected chi connectivity index (χ1v) is 7.67. The molecular formula is C16H22N2OS. The molecule has 0 radical (unpaired) electrons. The van der Waals surface area contributed by atoms with Crippen LogP contribution in [0.25, 0.3) is 10.6 Å². The molecule has 0 aliphatic heterocycles. The highest BCUT2D eigenvalue weighted by Gasteiger charge is 2.17. The molecule has 0 bridgehead atoms. The number of hydrogen-bond donors (Lipinski definition) is 1. The van der Waals surface area contributed by atoms with Gasteiger partial charge in [-0.3, -0.25) is 0 Å². The lowest BCUT2D eigenvalue weighted by Crippen LogP contribution is -2.15. The molecule has 0 fully saturated rings. The summed E-state index contributed by atoms with van der Waals surface area (Å²) in [6, 6.07) is 8.24. The molecule has 20 heavy (non-hydrogen) atoms. The van der Waals surface area contributed by atoms with Gasteiger partial charge in [-0.1, -0.05) is 24.3 Å². The number of benzene rings is 1. The third-order valence-electron chi connectivity index (χ3n) is 3.36. The predicted molar refractivity (Wildman–Crippen MR) is 85.2 cm³/mol. The van der Waals surface area contributed by atoms with E-state index in [0.717, 1.165) is 34.1 Å². The number of rotatable bonds is 5. The van der Waals surface area contributed by atoms with E-state index in [-0.39, 0.29) is 0 Å². The van der Waals surface area contributed by atoms with Crippen LogP contribution >= 0.6 is 11.3 Å². The first-order chi connectivity index (χ1) is 9.49. The molecule has 0 aliphatic rings. The van der Waals surface area contributed by atoms with Gasteiger partial charge in [0, 0.05) is 12.1 Å². The summed E-state index contributed by atoms with van der Waals surface area (Å²) in [5, 5.41) is 11.3. The van der Waals surface area contributed by atoms with Gasteiger partial charge in [0.2, 0.25) is 0 Å². The smallest absolute Gasteiger partial charge is 0.124 e. The van der Waals surface area contributed by atoms with Gasteiger partial charge >= 0.3 is 0 Å². The molecule has 1 N–H and O–H groups in total. The van der Waals surface area contributed by atoms with E-state index in [4.69, 9.17) is 0 Å². The van der Waals surface area contributed by atoms with E-state index in [2.05, 4.69) is 28.9 Å². The summed E-state index contributed by atoms with van der Waals surface area (Å²) in [5.41, 5.74) is 3.32. The van der Waals surface area contributed by atoms with Crippen molar-refractivity contribution in [2.45, 2.75) is 26.4 Å². The first-order valence-electron chi connectivity index (χ1n) is 6.85. The van der Waals surface area contributed by atoms with Crippen molar-refractivity contribution >= 4 is 11.3 Å². The van der Waals surface area contributed by atoms with Crippen molar-refractivity contribution < 1.29 is 5.11 Å². The number of aliphatic hydroxyl groups is 1. The van der Waals surface area contributed by atoms with Crippen LogP contribution in [0.4, 0.5) is 0 Å². The zero-order valence-electron chi connectivity index (χ0n) is 12.6. The number of aliphatic hydroxyl groups excluding tert-OH is 1. The van der Waals surface area contributed by atoms with Gasteiger partial charge in [0.1, 0.15) is 5.01 Å². The van der Waals surface area contributed by atoms with Gasteiger partial charge in [-0.2, -0.15) is 0 Å². The van der Waals surface area contributed by atoms with Crippen LogP contribution in [0.3, 0.4) is 0 Å². The fourth-order valence-electron chi connectivity index (χ4n) is 2.16. The summed E-state index contributed by atoms with van der Waals surface area (Å²) in [6.45, 7) is 4.94. The number of thiazole rings is 1. The monoisotopic (exact) mass is 290 g/mol. The molecule has 3 nitrogen and oxygen atoms in total. The normalized spacial score (nSPS) is 12.9. The third kappa shape index (κ3) is 3.45. The lowest BCUT2D eigenvalue weighted by atomic mass is 10.1. The van der Waals surface area contributed by atoms with Crippen LogP contribution in [-0.4, -0.2) is 35.6 Å². The Bertz CT molecular complexity index is 578. The zero-order chi connectivity index (χ0) is 14.7. The number of aryl methyl sites for hydroxylation is 2. The third-order valence-corrected chi connectivity index (χ3v) is 4.65. The molecule has 108 valence electrons. The molecule has 0 saturated carbocycles. The van der Waals surface area contributed by atoms with Crippen molar-refractivity contribution in [1.29, 1.82) is 0 Å². The molecule has 0 saturated heterocycles. The van der Waals surface area contributed by atoms with E-state index >= 15 is 0 Å². The van der Waals surface area contributed by atoms with E-state index in [9.17, 15) is 5.11 Å². The summed E-state index contributed by atoms with van der Waals surface area (Å²) < 4.78 is 0. The van der Waals surface area contributed by atoms with Gasteiger partial charge in [-0.25, -0.2) is 4.98 Å². The molecule has 2 aromatic rings. The lowest BCUT2D eigenvalue weighted by Gasteiger charge is -2.13. The van der Waals surface area contributed by atoms with Gasteiger partial charge in [0.15, 0.2) is 0 Å². The van der Waals surface area contributed by atoms with Crippen molar-refractivity contribution in [3.63, 3.8) is 0 Å². The number of aromatic nitrogens is 1. The minimum atomic E-state index is -0.423. The maximum absolute atomic E-state index is 10.3. The summed E-state index contributed by atoms with van der Waals surface area (Å²) >= 11 is 1.61. The van der Waals surface area contributed by atoms with Crippen LogP contribution in [0.2, 0.25) is 0 Å². The average Bonchev–Trinajstić information content (AvgIpc) is 2.78. The lowest BCUT2D eigenvalue weighted by molar-refractivity contribution is 0.157. The van der Waals surface area contributed by atoms with Crippen LogP contribution in [0.1, 0.15) is 28.7 Å². The molecule has 1 atom stereocenters. The Morgan fingerprint density at radius 1 is 1.25 bits per heavy atom. The Morgan fingerprint density at radius 2 is 1.95 bits per heavy atom. The summed E-state index contributed by atoms with van der Waals surface area (Å²) in [7, 11) is 4.04. The minimum absolute atomic E-state index is 0.423. The number of hydrogen-bond acceptors (Lipinski definition) is 4. The zero-order valence-corrected chi connectivity index (χ0v) is 13.4. The predicted octanol–water partition coefficient (Wildman–Crippen LogP) is 3.41. The van der Waals surface area contributed by atoms with Crippen molar-refractivity contribution in [3.05, 3.63) is 40.4 Å².